The first kappa shape index (κ1) is 12.7. The predicted molar refractivity (Wildman–Crippen MR) is 62.5 cm³/mol. The van der Waals surface area contributed by atoms with Gasteiger partial charge in [-0.25, -0.2) is 4.98 Å². The number of imidazole rings is 1. The summed E-state index contributed by atoms with van der Waals surface area (Å²) < 4.78 is 1.88. The number of hydrogen-bond donors (Lipinski definition) is 2. The van der Waals surface area contributed by atoms with E-state index in [0.717, 1.165) is 5.82 Å². The van der Waals surface area contributed by atoms with Gasteiger partial charge in [0, 0.05) is 31.9 Å². The van der Waals surface area contributed by atoms with Gasteiger partial charge < -0.3 is 15.6 Å². The second-order valence-corrected chi connectivity index (χ2v) is 4.34. The van der Waals surface area contributed by atoms with Crippen LogP contribution >= 0.6 is 0 Å². The highest BCUT2D eigenvalue weighted by atomic mass is 16.1. The second-order valence-electron chi connectivity index (χ2n) is 4.34. The summed E-state index contributed by atoms with van der Waals surface area (Å²) in [4.78, 5) is 15.7. The van der Waals surface area contributed by atoms with Gasteiger partial charge in [-0.15, -0.1) is 0 Å². The molecule has 0 saturated carbocycles. The van der Waals surface area contributed by atoms with Crippen LogP contribution < -0.4 is 11.1 Å². The molecule has 0 aromatic carbocycles. The van der Waals surface area contributed by atoms with E-state index >= 15 is 0 Å². The normalized spacial score (nSPS) is 12.8. The predicted octanol–water partition coefficient (Wildman–Crippen LogP) is 0.410. The molecule has 1 rings (SSSR count). The number of amides is 1. The van der Waals surface area contributed by atoms with Crippen LogP contribution in [0.25, 0.3) is 0 Å². The van der Waals surface area contributed by atoms with Crippen LogP contribution in [0.4, 0.5) is 0 Å². The van der Waals surface area contributed by atoms with Gasteiger partial charge in [0.25, 0.3) is 0 Å². The molecule has 0 bridgehead atoms. The Morgan fingerprint density at radius 2 is 2.31 bits per heavy atom. The van der Waals surface area contributed by atoms with Crippen molar-refractivity contribution in [1.29, 1.82) is 0 Å². The lowest BCUT2D eigenvalue weighted by molar-refractivity contribution is -0.121. The Morgan fingerprint density at radius 3 is 2.81 bits per heavy atom. The maximum absolute atomic E-state index is 11.5. The van der Waals surface area contributed by atoms with Crippen LogP contribution in [0.2, 0.25) is 0 Å². The third kappa shape index (κ3) is 3.66. The Labute approximate surface area is 96.0 Å². The van der Waals surface area contributed by atoms with Gasteiger partial charge >= 0.3 is 0 Å². The minimum Gasteiger partial charge on any atom is -0.349 e. The van der Waals surface area contributed by atoms with Crippen molar-refractivity contribution < 1.29 is 4.79 Å². The molecule has 0 spiro atoms. The van der Waals surface area contributed by atoms with E-state index in [9.17, 15) is 4.79 Å². The van der Waals surface area contributed by atoms with E-state index in [1.165, 1.54) is 0 Å². The largest absolute Gasteiger partial charge is 0.349 e. The molecule has 0 aliphatic heterocycles. The van der Waals surface area contributed by atoms with Crippen LogP contribution in [-0.2, 0) is 18.4 Å². The summed E-state index contributed by atoms with van der Waals surface area (Å²) in [6.45, 7) is 4.47. The molecule has 1 aromatic rings. The Morgan fingerprint density at radius 1 is 1.62 bits per heavy atom. The monoisotopic (exact) mass is 224 g/mol. The first-order valence-corrected chi connectivity index (χ1v) is 5.49. The molecule has 1 unspecified atom stereocenters. The van der Waals surface area contributed by atoms with Crippen LogP contribution in [-0.4, -0.2) is 21.5 Å². The lowest BCUT2D eigenvalue weighted by Gasteiger charge is -2.14. The summed E-state index contributed by atoms with van der Waals surface area (Å²) in [5.41, 5.74) is 5.81. The van der Waals surface area contributed by atoms with Crippen molar-refractivity contribution in [3.63, 3.8) is 0 Å². The fourth-order valence-electron chi connectivity index (χ4n) is 1.27. The molecule has 1 atom stereocenters. The molecule has 3 N–H and O–H groups in total. The Balaban J connectivity index is 2.33. The molecule has 0 aliphatic rings. The molecule has 5 heteroatoms. The van der Waals surface area contributed by atoms with Crippen molar-refractivity contribution in [2.45, 2.75) is 32.9 Å². The molecule has 90 valence electrons. The van der Waals surface area contributed by atoms with Crippen molar-refractivity contribution in [1.82, 2.24) is 14.9 Å². The van der Waals surface area contributed by atoms with Crippen molar-refractivity contribution in [3.05, 3.63) is 18.2 Å². The maximum atomic E-state index is 11.5. The Kier molecular flexibility index (Phi) is 4.49. The molecule has 1 amide bonds. The van der Waals surface area contributed by atoms with E-state index in [1.807, 2.05) is 31.7 Å². The summed E-state index contributed by atoms with van der Waals surface area (Å²) in [7, 11) is 1.90. The fourth-order valence-corrected chi connectivity index (χ4v) is 1.27. The molecule has 16 heavy (non-hydrogen) atoms. The lowest BCUT2D eigenvalue weighted by Crippen LogP contribution is -2.34. The van der Waals surface area contributed by atoms with Gasteiger partial charge in [-0.2, -0.15) is 0 Å². The van der Waals surface area contributed by atoms with Gasteiger partial charge in [-0.1, -0.05) is 13.8 Å². The van der Waals surface area contributed by atoms with Crippen molar-refractivity contribution in [2.75, 3.05) is 0 Å². The fraction of sp³-hybridized carbons (Fsp3) is 0.636. The third-order valence-electron chi connectivity index (χ3n) is 2.64. The molecule has 0 aliphatic carbocycles. The summed E-state index contributed by atoms with van der Waals surface area (Å²) in [6, 6.07) is -0.0821. The number of hydrogen-bond acceptors (Lipinski definition) is 3. The molecular formula is C11H20N4O. The zero-order valence-corrected chi connectivity index (χ0v) is 10.1. The number of nitrogens with two attached hydrogens (primary N) is 1. The number of aromatic nitrogens is 2. The first-order chi connectivity index (χ1) is 7.50. The standard InChI is InChI=1S/C11H20N4O/c1-8(2)9(12)6-11(16)14-7-10-13-4-5-15(10)3/h4-5,8-9H,6-7,12H2,1-3H3,(H,14,16). The van der Waals surface area contributed by atoms with E-state index < -0.39 is 0 Å². The Hall–Kier alpha value is -1.36. The minimum atomic E-state index is -0.0821. The number of nitrogens with zero attached hydrogens (tertiary/aromatic N) is 2. The van der Waals surface area contributed by atoms with Crippen molar-refractivity contribution in [3.8, 4) is 0 Å². The smallest absolute Gasteiger partial charge is 0.221 e. The first-order valence-electron chi connectivity index (χ1n) is 5.49. The molecule has 5 nitrogen and oxygen atoms in total. The summed E-state index contributed by atoms with van der Waals surface area (Å²) in [5, 5.41) is 2.81. The van der Waals surface area contributed by atoms with Gasteiger partial charge in [0.15, 0.2) is 0 Å². The number of carbonyl (C=O) groups excluding carboxylic acids is 1. The van der Waals surface area contributed by atoms with Crippen molar-refractivity contribution in [2.24, 2.45) is 18.7 Å². The highest BCUT2D eigenvalue weighted by molar-refractivity contribution is 5.76. The molecule has 0 fully saturated rings. The molecule has 1 aromatic heterocycles. The second kappa shape index (κ2) is 5.65. The zero-order valence-electron chi connectivity index (χ0n) is 10.1. The average molecular weight is 224 g/mol. The van der Waals surface area contributed by atoms with Crippen LogP contribution in [0, 0.1) is 5.92 Å². The molecule has 0 saturated heterocycles. The molecule has 1 heterocycles. The minimum absolute atomic E-state index is 0.0239. The SMILES string of the molecule is CC(C)C(N)CC(=O)NCc1nccn1C. The quantitative estimate of drug-likeness (QED) is 0.761. The molecule has 0 radical (unpaired) electrons. The van der Waals surface area contributed by atoms with E-state index in [1.54, 1.807) is 6.20 Å². The van der Waals surface area contributed by atoms with Gasteiger partial charge in [-0.3, -0.25) is 4.79 Å². The van der Waals surface area contributed by atoms with Gasteiger partial charge in [-0.05, 0) is 5.92 Å². The van der Waals surface area contributed by atoms with E-state index in [0.29, 0.717) is 18.9 Å². The van der Waals surface area contributed by atoms with E-state index in [4.69, 9.17) is 5.73 Å². The van der Waals surface area contributed by atoms with E-state index in [2.05, 4.69) is 10.3 Å². The number of rotatable bonds is 5. The lowest BCUT2D eigenvalue weighted by atomic mass is 10.0. The number of carbonyl (C=O) groups is 1. The highest BCUT2D eigenvalue weighted by Crippen LogP contribution is 2.02. The van der Waals surface area contributed by atoms with Crippen molar-refractivity contribution >= 4 is 5.91 Å². The van der Waals surface area contributed by atoms with Crippen LogP contribution in [0.5, 0.6) is 0 Å². The average Bonchev–Trinajstić information content (AvgIpc) is 2.61. The highest BCUT2D eigenvalue weighted by Gasteiger charge is 2.12. The van der Waals surface area contributed by atoms with Crippen LogP contribution in [0.3, 0.4) is 0 Å². The van der Waals surface area contributed by atoms with Gasteiger partial charge in [0.2, 0.25) is 5.91 Å². The van der Waals surface area contributed by atoms with Crippen LogP contribution in [0.1, 0.15) is 26.1 Å². The summed E-state index contributed by atoms with van der Waals surface area (Å²) in [5.74, 6) is 1.13. The maximum Gasteiger partial charge on any atom is 0.221 e. The summed E-state index contributed by atoms with van der Waals surface area (Å²) in [6.07, 6.45) is 3.92. The van der Waals surface area contributed by atoms with Crippen LogP contribution in [0.15, 0.2) is 12.4 Å². The van der Waals surface area contributed by atoms with Gasteiger partial charge in [0.1, 0.15) is 5.82 Å². The van der Waals surface area contributed by atoms with Gasteiger partial charge in [0.05, 0.1) is 6.54 Å². The van der Waals surface area contributed by atoms with E-state index in [-0.39, 0.29) is 11.9 Å². The Bertz CT molecular complexity index is 346. The zero-order chi connectivity index (χ0) is 12.1. The third-order valence-corrected chi connectivity index (χ3v) is 2.64. The topological polar surface area (TPSA) is 72.9 Å². The number of aryl methyl sites for hydroxylation is 1. The number of nitrogens with one attached hydrogen (secondary N) is 1. The summed E-state index contributed by atoms with van der Waals surface area (Å²) >= 11 is 0. The molecular weight excluding hydrogens is 204 g/mol.